The number of benzene rings is 1. The van der Waals surface area contributed by atoms with E-state index in [9.17, 15) is 10.1 Å². The highest BCUT2D eigenvalue weighted by molar-refractivity contribution is 6.31. The van der Waals surface area contributed by atoms with Crippen LogP contribution in [0.2, 0.25) is 5.15 Å². The summed E-state index contributed by atoms with van der Waals surface area (Å²) in [4.78, 5) is 16.9. The monoisotopic (exact) mass is 383 g/mol. The van der Waals surface area contributed by atoms with Gasteiger partial charge in [0.25, 0.3) is 0 Å². The lowest BCUT2D eigenvalue weighted by atomic mass is 9.83. The largest absolute Gasteiger partial charge is 0.466 e. The molecule has 3 rings (SSSR count). The lowest BCUT2D eigenvalue weighted by Gasteiger charge is -2.27. The predicted octanol–water partition coefficient (Wildman–Crippen LogP) is 3.76. The Hall–Kier alpha value is -3.04. The average Bonchev–Trinajstić information content (AvgIpc) is 2.60. The fourth-order valence-corrected chi connectivity index (χ4v) is 3.66. The number of allylic oxidation sites excluding steroid dienone is 2. The molecule has 0 saturated heterocycles. The summed E-state index contributed by atoms with van der Waals surface area (Å²) in [5.74, 6) is -1.24. The number of fused-ring (bicyclic) bond motifs is 1. The van der Waals surface area contributed by atoms with Gasteiger partial charge in [-0.15, -0.1) is 0 Å². The predicted molar refractivity (Wildman–Crippen MR) is 102 cm³/mol. The minimum Gasteiger partial charge on any atom is -0.466 e. The maximum absolute atomic E-state index is 12.4. The van der Waals surface area contributed by atoms with Crippen molar-refractivity contribution < 1.29 is 14.3 Å². The zero-order chi connectivity index (χ0) is 19.9. The number of rotatable bonds is 2. The van der Waals surface area contributed by atoms with E-state index < -0.39 is 11.9 Å². The molecule has 0 aliphatic carbocycles. The van der Waals surface area contributed by atoms with E-state index in [1.54, 1.807) is 6.92 Å². The highest BCUT2D eigenvalue weighted by Gasteiger charge is 2.37. The van der Waals surface area contributed by atoms with Gasteiger partial charge in [-0.3, -0.25) is 0 Å². The zero-order valence-electron chi connectivity index (χ0n) is 15.4. The Kier molecular flexibility index (Phi) is 4.81. The van der Waals surface area contributed by atoms with Gasteiger partial charge in [0.05, 0.1) is 24.1 Å². The van der Waals surface area contributed by atoms with Crippen LogP contribution < -0.4 is 5.73 Å². The minimum absolute atomic E-state index is 0.0655. The second-order valence-electron chi connectivity index (χ2n) is 6.41. The van der Waals surface area contributed by atoms with Crippen LogP contribution in [0.1, 0.15) is 29.5 Å². The summed E-state index contributed by atoms with van der Waals surface area (Å²) in [7, 11) is 1.26. The highest BCUT2D eigenvalue weighted by Crippen LogP contribution is 2.42. The van der Waals surface area contributed by atoms with Crippen molar-refractivity contribution in [2.75, 3.05) is 7.11 Å². The number of carbonyl (C=O) groups excluding carboxylic acids is 1. The molecule has 7 heteroatoms. The van der Waals surface area contributed by atoms with E-state index in [4.69, 9.17) is 26.8 Å². The summed E-state index contributed by atoms with van der Waals surface area (Å²) in [6.45, 7) is 5.53. The van der Waals surface area contributed by atoms with Crippen molar-refractivity contribution in [2.45, 2.75) is 26.7 Å². The van der Waals surface area contributed by atoms with E-state index in [0.29, 0.717) is 5.56 Å². The lowest BCUT2D eigenvalue weighted by Crippen LogP contribution is -2.25. The van der Waals surface area contributed by atoms with Crippen LogP contribution in [0.25, 0.3) is 10.9 Å². The van der Waals surface area contributed by atoms with Crippen molar-refractivity contribution in [3.05, 3.63) is 62.8 Å². The van der Waals surface area contributed by atoms with Gasteiger partial charge in [0, 0.05) is 10.9 Å². The third-order valence-corrected chi connectivity index (χ3v) is 4.86. The number of pyridine rings is 1. The van der Waals surface area contributed by atoms with Crippen LogP contribution in [0.4, 0.5) is 0 Å². The molecule has 0 bridgehead atoms. The molecule has 2 aromatic rings. The summed E-state index contributed by atoms with van der Waals surface area (Å²) in [6, 6.07) is 7.86. The van der Waals surface area contributed by atoms with E-state index in [-0.39, 0.29) is 27.9 Å². The molecule has 1 aromatic heterocycles. The third-order valence-electron chi connectivity index (χ3n) is 4.56. The number of hydrogen-bond acceptors (Lipinski definition) is 6. The van der Waals surface area contributed by atoms with Gasteiger partial charge < -0.3 is 15.2 Å². The number of halogens is 1. The second-order valence-corrected chi connectivity index (χ2v) is 6.77. The minimum atomic E-state index is -0.818. The number of carbonyl (C=O) groups is 1. The van der Waals surface area contributed by atoms with Crippen LogP contribution in [-0.2, 0) is 14.3 Å². The maximum atomic E-state index is 12.4. The standard InChI is InChI=1S/C20H18ClN3O3/c1-9-5-10(2)17-12(6-9)7-13(18(21)24-17)16-14(8-22)19(23)27-11(3)15(16)20(25)26-4/h5-7,16H,23H2,1-4H3. The Morgan fingerprint density at radius 2 is 2.04 bits per heavy atom. The first-order chi connectivity index (χ1) is 12.8. The van der Waals surface area contributed by atoms with Crippen molar-refractivity contribution in [2.24, 2.45) is 5.73 Å². The Labute approximate surface area is 161 Å². The quantitative estimate of drug-likeness (QED) is 0.626. The first-order valence-electron chi connectivity index (χ1n) is 8.22. The lowest BCUT2D eigenvalue weighted by molar-refractivity contribution is -0.136. The van der Waals surface area contributed by atoms with Gasteiger partial charge in [0.2, 0.25) is 5.88 Å². The van der Waals surface area contributed by atoms with Crippen molar-refractivity contribution in [3.63, 3.8) is 0 Å². The number of nitrogens with two attached hydrogens (primary N) is 1. The van der Waals surface area contributed by atoms with Crippen LogP contribution in [0.3, 0.4) is 0 Å². The first kappa shape index (κ1) is 18.7. The van der Waals surface area contributed by atoms with E-state index >= 15 is 0 Å². The summed E-state index contributed by atoms with van der Waals surface area (Å²) >= 11 is 6.48. The molecule has 6 nitrogen and oxygen atoms in total. The van der Waals surface area contributed by atoms with E-state index in [1.165, 1.54) is 7.11 Å². The molecule has 1 unspecified atom stereocenters. The van der Waals surface area contributed by atoms with Crippen molar-refractivity contribution >= 4 is 28.5 Å². The van der Waals surface area contributed by atoms with Crippen molar-refractivity contribution in [1.82, 2.24) is 4.98 Å². The number of nitrogens with zero attached hydrogens (tertiary/aromatic N) is 2. The Morgan fingerprint density at radius 3 is 2.67 bits per heavy atom. The van der Waals surface area contributed by atoms with Gasteiger partial charge in [0.15, 0.2) is 0 Å². The van der Waals surface area contributed by atoms with Crippen LogP contribution in [0.5, 0.6) is 0 Å². The van der Waals surface area contributed by atoms with E-state index in [1.807, 2.05) is 38.1 Å². The van der Waals surface area contributed by atoms with Gasteiger partial charge in [-0.1, -0.05) is 23.2 Å². The maximum Gasteiger partial charge on any atom is 0.338 e. The Morgan fingerprint density at radius 1 is 1.33 bits per heavy atom. The zero-order valence-corrected chi connectivity index (χ0v) is 16.1. The molecule has 0 spiro atoms. The highest BCUT2D eigenvalue weighted by atomic mass is 35.5. The molecule has 0 saturated carbocycles. The Bertz CT molecular complexity index is 1080. The molecule has 2 N–H and O–H groups in total. The number of ether oxygens (including phenoxy) is 2. The van der Waals surface area contributed by atoms with Crippen LogP contribution in [-0.4, -0.2) is 18.1 Å². The fourth-order valence-electron chi connectivity index (χ4n) is 3.41. The average molecular weight is 384 g/mol. The van der Waals surface area contributed by atoms with Crippen molar-refractivity contribution in [1.29, 1.82) is 5.26 Å². The Balaban J connectivity index is 2.33. The third kappa shape index (κ3) is 3.11. The van der Waals surface area contributed by atoms with Crippen molar-refractivity contribution in [3.8, 4) is 6.07 Å². The summed E-state index contributed by atoms with van der Waals surface area (Å²) in [6.07, 6.45) is 0. The number of nitriles is 1. The van der Waals surface area contributed by atoms with Gasteiger partial charge in [-0.05, 0) is 38.5 Å². The van der Waals surface area contributed by atoms with E-state index in [2.05, 4.69) is 4.98 Å². The van der Waals surface area contributed by atoms with Crippen LogP contribution >= 0.6 is 11.6 Å². The van der Waals surface area contributed by atoms with Gasteiger partial charge in [0.1, 0.15) is 22.6 Å². The molecule has 0 amide bonds. The summed E-state index contributed by atoms with van der Waals surface area (Å²) in [5, 5.41) is 10.7. The topological polar surface area (TPSA) is 98.2 Å². The molecule has 138 valence electrons. The van der Waals surface area contributed by atoms with Crippen LogP contribution in [0.15, 0.2) is 41.0 Å². The van der Waals surface area contributed by atoms with E-state index in [0.717, 1.165) is 22.0 Å². The SMILES string of the molecule is COC(=O)C1=C(C)OC(N)=C(C#N)C1c1cc2cc(C)cc(C)c2nc1Cl. The molecule has 2 heterocycles. The molecule has 1 aliphatic rings. The molecular weight excluding hydrogens is 366 g/mol. The molecule has 1 aromatic carbocycles. The normalized spacial score (nSPS) is 17.0. The molecule has 27 heavy (non-hydrogen) atoms. The number of aryl methyl sites for hydroxylation is 2. The fraction of sp³-hybridized carbons (Fsp3) is 0.250. The molecular formula is C20H18ClN3O3. The van der Waals surface area contributed by atoms with Gasteiger partial charge >= 0.3 is 5.97 Å². The summed E-state index contributed by atoms with van der Waals surface area (Å²) in [5.41, 5.74) is 9.49. The first-order valence-corrected chi connectivity index (χ1v) is 8.60. The number of aromatic nitrogens is 1. The molecule has 0 radical (unpaired) electrons. The molecule has 1 aliphatic heterocycles. The smallest absolute Gasteiger partial charge is 0.338 e. The number of methoxy groups -OCH3 is 1. The number of hydrogen-bond donors (Lipinski definition) is 1. The van der Waals surface area contributed by atoms with Gasteiger partial charge in [-0.25, -0.2) is 9.78 Å². The summed E-state index contributed by atoms with van der Waals surface area (Å²) < 4.78 is 10.3. The van der Waals surface area contributed by atoms with Gasteiger partial charge in [-0.2, -0.15) is 5.26 Å². The second kappa shape index (κ2) is 6.93. The molecule has 1 atom stereocenters. The number of esters is 1. The van der Waals surface area contributed by atoms with Crippen LogP contribution in [0, 0.1) is 25.2 Å². The molecule has 0 fully saturated rings.